The molecule has 1 aromatic heterocycles. The topological polar surface area (TPSA) is 51.2 Å². The zero-order chi connectivity index (χ0) is 11.2. The van der Waals surface area contributed by atoms with Crippen LogP contribution in [0.15, 0.2) is 24.4 Å². The minimum absolute atomic E-state index is 0.00781. The molecule has 1 aromatic rings. The molecule has 2 rings (SSSR count). The van der Waals surface area contributed by atoms with Gasteiger partial charge in [-0.2, -0.15) is 0 Å². The molecule has 1 aliphatic heterocycles. The molecule has 0 radical (unpaired) electrons. The van der Waals surface area contributed by atoms with E-state index >= 15 is 0 Å². The summed E-state index contributed by atoms with van der Waals surface area (Å²) in [6, 6.07) is 5.79. The van der Waals surface area contributed by atoms with Crippen molar-refractivity contribution >= 4 is 5.91 Å². The van der Waals surface area contributed by atoms with E-state index in [1.807, 2.05) is 18.2 Å². The van der Waals surface area contributed by atoms with E-state index in [0.29, 0.717) is 13.2 Å². The number of pyridine rings is 1. The molecule has 1 atom stereocenters. The Balaban J connectivity index is 1.70. The molecule has 1 amide bonds. The lowest BCUT2D eigenvalue weighted by Crippen LogP contribution is -2.35. The van der Waals surface area contributed by atoms with Crippen LogP contribution in [0, 0.1) is 0 Å². The predicted octanol–water partition coefficient (Wildman–Crippen LogP) is 0.919. The smallest absolute Gasteiger partial charge is 0.249 e. The van der Waals surface area contributed by atoms with Gasteiger partial charge in [-0.3, -0.25) is 9.78 Å². The minimum Gasteiger partial charge on any atom is -0.368 e. The lowest BCUT2D eigenvalue weighted by atomic mass is 10.2. The summed E-state index contributed by atoms with van der Waals surface area (Å²) in [5, 5.41) is 2.87. The van der Waals surface area contributed by atoms with Crippen molar-refractivity contribution in [3.05, 3.63) is 30.1 Å². The highest BCUT2D eigenvalue weighted by atomic mass is 16.5. The Kier molecular flexibility index (Phi) is 3.88. The molecule has 0 spiro atoms. The molecule has 86 valence electrons. The Bertz CT molecular complexity index is 334. The van der Waals surface area contributed by atoms with Crippen molar-refractivity contribution in [3.63, 3.8) is 0 Å². The Morgan fingerprint density at radius 2 is 2.50 bits per heavy atom. The first-order chi connectivity index (χ1) is 7.86. The molecular weight excluding hydrogens is 204 g/mol. The second kappa shape index (κ2) is 5.61. The third-order valence-corrected chi connectivity index (χ3v) is 2.63. The zero-order valence-electron chi connectivity index (χ0n) is 9.19. The number of carbonyl (C=O) groups excluding carboxylic acids is 1. The van der Waals surface area contributed by atoms with Gasteiger partial charge in [0.2, 0.25) is 5.91 Å². The van der Waals surface area contributed by atoms with Crippen LogP contribution in [0.25, 0.3) is 0 Å². The first-order valence-corrected chi connectivity index (χ1v) is 5.65. The van der Waals surface area contributed by atoms with E-state index in [0.717, 1.165) is 25.0 Å². The molecule has 1 saturated heterocycles. The third-order valence-electron chi connectivity index (χ3n) is 2.63. The van der Waals surface area contributed by atoms with Crippen LogP contribution in [0.2, 0.25) is 0 Å². The number of hydrogen-bond donors (Lipinski definition) is 1. The van der Waals surface area contributed by atoms with Crippen molar-refractivity contribution < 1.29 is 9.53 Å². The molecule has 0 unspecified atom stereocenters. The summed E-state index contributed by atoms with van der Waals surface area (Å²) in [6.45, 7) is 1.33. The molecule has 2 heterocycles. The number of nitrogens with one attached hydrogen (secondary N) is 1. The van der Waals surface area contributed by atoms with E-state index in [2.05, 4.69) is 10.3 Å². The molecule has 0 aliphatic carbocycles. The molecule has 0 aromatic carbocycles. The van der Waals surface area contributed by atoms with Crippen molar-refractivity contribution in [3.8, 4) is 0 Å². The van der Waals surface area contributed by atoms with Gasteiger partial charge in [-0.1, -0.05) is 6.07 Å². The molecule has 4 heteroatoms. The van der Waals surface area contributed by atoms with E-state index in [4.69, 9.17) is 4.74 Å². The van der Waals surface area contributed by atoms with Gasteiger partial charge in [0.1, 0.15) is 6.10 Å². The lowest BCUT2D eigenvalue weighted by molar-refractivity contribution is -0.129. The summed E-state index contributed by atoms with van der Waals surface area (Å²) in [5.41, 5.74) is 0.996. The number of rotatable bonds is 4. The van der Waals surface area contributed by atoms with Crippen LogP contribution in [0.4, 0.5) is 0 Å². The highest BCUT2D eigenvalue weighted by Gasteiger charge is 2.22. The van der Waals surface area contributed by atoms with Gasteiger partial charge in [-0.05, 0) is 25.0 Å². The second-order valence-corrected chi connectivity index (χ2v) is 3.86. The van der Waals surface area contributed by atoms with Gasteiger partial charge in [-0.25, -0.2) is 0 Å². The van der Waals surface area contributed by atoms with Crippen molar-refractivity contribution in [2.45, 2.75) is 25.4 Å². The maximum atomic E-state index is 11.6. The van der Waals surface area contributed by atoms with Gasteiger partial charge in [-0.15, -0.1) is 0 Å². The van der Waals surface area contributed by atoms with Crippen LogP contribution in [0.3, 0.4) is 0 Å². The molecule has 1 aliphatic rings. The van der Waals surface area contributed by atoms with E-state index in [1.54, 1.807) is 6.20 Å². The lowest BCUT2D eigenvalue weighted by Gasteiger charge is -2.09. The highest BCUT2D eigenvalue weighted by Crippen LogP contribution is 2.11. The maximum absolute atomic E-state index is 11.6. The van der Waals surface area contributed by atoms with Crippen LogP contribution >= 0.6 is 0 Å². The van der Waals surface area contributed by atoms with Gasteiger partial charge in [0.05, 0.1) is 0 Å². The zero-order valence-corrected chi connectivity index (χ0v) is 9.19. The monoisotopic (exact) mass is 220 g/mol. The number of nitrogens with zero attached hydrogens (tertiary/aromatic N) is 1. The van der Waals surface area contributed by atoms with Gasteiger partial charge >= 0.3 is 0 Å². The van der Waals surface area contributed by atoms with Crippen LogP contribution in [-0.4, -0.2) is 30.1 Å². The standard InChI is InChI=1S/C12H16N2O2/c15-12(11-5-3-9-16-11)14-8-6-10-4-1-2-7-13-10/h1-2,4,7,11H,3,5-6,8-9H2,(H,14,15)/t11-/m0/s1. The summed E-state index contributed by atoms with van der Waals surface area (Å²) in [7, 11) is 0. The number of carbonyl (C=O) groups is 1. The quantitative estimate of drug-likeness (QED) is 0.821. The maximum Gasteiger partial charge on any atom is 0.249 e. The normalized spacial score (nSPS) is 19.6. The molecule has 1 fully saturated rings. The van der Waals surface area contributed by atoms with E-state index in [-0.39, 0.29) is 12.0 Å². The van der Waals surface area contributed by atoms with Crippen molar-refractivity contribution in [1.82, 2.24) is 10.3 Å². The second-order valence-electron chi connectivity index (χ2n) is 3.86. The summed E-state index contributed by atoms with van der Waals surface area (Å²) in [5.74, 6) is 0.00781. The highest BCUT2D eigenvalue weighted by molar-refractivity contribution is 5.80. The fraction of sp³-hybridized carbons (Fsp3) is 0.500. The average Bonchev–Trinajstić information content (AvgIpc) is 2.84. The Hall–Kier alpha value is -1.42. The Morgan fingerprint density at radius 3 is 3.19 bits per heavy atom. The fourth-order valence-corrected chi connectivity index (χ4v) is 1.76. The van der Waals surface area contributed by atoms with Crippen LogP contribution < -0.4 is 5.32 Å². The average molecular weight is 220 g/mol. The molecule has 1 N–H and O–H groups in total. The number of aromatic nitrogens is 1. The Labute approximate surface area is 95.0 Å². The first kappa shape index (κ1) is 11.1. The minimum atomic E-state index is -0.233. The fourth-order valence-electron chi connectivity index (χ4n) is 1.76. The van der Waals surface area contributed by atoms with E-state index in [1.165, 1.54) is 0 Å². The van der Waals surface area contributed by atoms with E-state index in [9.17, 15) is 4.79 Å². The first-order valence-electron chi connectivity index (χ1n) is 5.65. The largest absolute Gasteiger partial charge is 0.368 e. The SMILES string of the molecule is O=C(NCCc1ccccn1)[C@@H]1CCCO1. The Morgan fingerprint density at radius 1 is 1.56 bits per heavy atom. The van der Waals surface area contributed by atoms with Crippen LogP contribution in [0.5, 0.6) is 0 Å². The van der Waals surface area contributed by atoms with E-state index < -0.39 is 0 Å². The molecule has 0 saturated carbocycles. The summed E-state index contributed by atoms with van der Waals surface area (Å²) < 4.78 is 5.29. The van der Waals surface area contributed by atoms with Crippen LogP contribution in [0.1, 0.15) is 18.5 Å². The van der Waals surface area contributed by atoms with Crippen molar-refractivity contribution in [2.75, 3.05) is 13.2 Å². The number of hydrogen-bond acceptors (Lipinski definition) is 3. The van der Waals surface area contributed by atoms with Crippen LogP contribution in [-0.2, 0) is 16.0 Å². The third kappa shape index (κ3) is 3.03. The van der Waals surface area contributed by atoms with Crippen molar-refractivity contribution in [1.29, 1.82) is 0 Å². The number of amides is 1. The summed E-state index contributed by atoms with van der Waals surface area (Å²) in [6.07, 6.45) is 4.12. The van der Waals surface area contributed by atoms with Gasteiger partial charge in [0.25, 0.3) is 0 Å². The molecule has 0 bridgehead atoms. The molecule has 16 heavy (non-hydrogen) atoms. The molecule has 4 nitrogen and oxygen atoms in total. The summed E-state index contributed by atoms with van der Waals surface area (Å²) >= 11 is 0. The van der Waals surface area contributed by atoms with Gasteiger partial charge < -0.3 is 10.1 Å². The van der Waals surface area contributed by atoms with Gasteiger partial charge in [0, 0.05) is 31.5 Å². The summed E-state index contributed by atoms with van der Waals surface area (Å²) in [4.78, 5) is 15.8. The molecular formula is C12H16N2O2. The number of ether oxygens (including phenoxy) is 1. The van der Waals surface area contributed by atoms with Crippen molar-refractivity contribution in [2.24, 2.45) is 0 Å². The predicted molar refractivity (Wildman–Crippen MR) is 59.9 cm³/mol. The van der Waals surface area contributed by atoms with Gasteiger partial charge in [0.15, 0.2) is 0 Å².